The Morgan fingerprint density at radius 2 is 1.80 bits per heavy atom. The molecule has 1 aliphatic heterocycles. The highest BCUT2D eigenvalue weighted by molar-refractivity contribution is 7.98. The third kappa shape index (κ3) is 6.54. The second kappa shape index (κ2) is 11.0. The van der Waals surface area contributed by atoms with Gasteiger partial charge in [0.1, 0.15) is 0 Å². The quantitative estimate of drug-likeness (QED) is 0.317. The van der Waals surface area contributed by atoms with E-state index in [0.29, 0.717) is 17.3 Å². The lowest BCUT2D eigenvalue weighted by atomic mass is 10.1. The second-order valence-electron chi connectivity index (χ2n) is 8.67. The average Bonchev–Trinajstić information content (AvgIpc) is 3.21. The number of benzene rings is 2. The molecule has 184 valence electrons. The van der Waals surface area contributed by atoms with Crippen LogP contribution in [0.4, 0.5) is 5.69 Å². The van der Waals surface area contributed by atoms with E-state index in [1.807, 2.05) is 73.6 Å². The molecule has 2 aromatic carbocycles. The van der Waals surface area contributed by atoms with Crippen LogP contribution in [0.5, 0.6) is 0 Å². The summed E-state index contributed by atoms with van der Waals surface area (Å²) in [5.74, 6) is 0.264. The SMILES string of the molecule is CN(C)c1ccc(CN(C(=O)c2nc(SCc3ccccc3)ncc2Cl)[C@@H]2CCS(=O)(=O)C2)cc1. The second-order valence-corrected chi connectivity index (χ2v) is 12.3. The zero-order chi connectivity index (χ0) is 25.0. The Balaban J connectivity index is 1.59. The van der Waals surface area contributed by atoms with Crippen LogP contribution in [0.15, 0.2) is 66.0 Å². The highest BCUT2D eigenvalue weighted by Gasteiger charge is 2.36. The molecular weight excluding hydrogens is 504 g/mol. The van der Waals surface area contributed by atoms with Crippen LogP contribution in [0, 0.1) is 0 Å². The van der Waals surface area contributed by atoms with Gasteiger partial charge in [-0.3, -0.25) is 4.79 Å². The number of carbonyl (C=O) groups excluding carboxylic acids is 1. The first-order valence-corrected chi connectivity index (χ1v) is 14.4. The van der Waals surface area contributed by atoms with E-state index in [2.05, 4.69) is 9.97 Å². The lowest BCUT2D eigenvalue weighted by Crippen LogP contribution is -2.41. The summed E-state index contributed by atoms with van der Waals surface area (Å²) < 4.78 is 24.4. The summed E-state index contributed by atoms with van der Waals surface area (Å²) in [5, 5.41) is 0.587. The number of nitrogens with zero attached hydrogens (tertiary/aromatic N) is 4. The van der Waals surface area contributed by atoms with Gasteiger partial charge in [0.15, 0.2) is 20.7 Å². The van der Waals surface area contributed by atoms with Gasteiger partial charge < -0.3 is 9.80 Å². The van der Waals surface area contributed by atoms with Crippen molar-refractivity contribution in [2.24, 2.45) is 0 Å². The van der Waals surface area contributed by atoms with Gasteiger partial charge in [0.25, 0.3) is 5.91 Å². The number of rotatable bonds is 8. The zero-order valence-corrected chi connectivity index (χ0v) is 22.0. The molecule has 0 spiro atoms. The Labute approximate surface area is 215 Å². The smallest absolute Gasteiger partial charge is 0.274 e. The molecule has 3 aromatic rings. The molecule has 0 aliphatic carbocycles. The average molecular weight is 531 g/mol. The summed E-state index contributed by atoms with van der Waals surface area (Å²) in [7, 11) is 0.720. The van der Waals surface area contributed by atoms with Gasteiger partial charge in [0, 0.05) is 38.1 Å². The molecule has 0 radical (unpaired) electrons. The standard InChI is InChI=1S/C25H27ClN4O3S2/c1-29(2)20-10-8-18(9-11-20)15-30(21-12-13-35(32,33)17-21)24(31)23-22(26)14-27-25(28-23)34-16-19-6-4-3-5-7-19/h3-11,14,21H,12-13,15-17H2,1-2H3/t21-/m1/s1. The van der Waals surface area contributed by atoms with Gasteiger partial charge in [-0.05, 0) is 29.7 Å². The van der Waals surface area contributed by atoms with E-state index < -0.39 is 21.8 Å². The molecule has 1 aliphatic rings. The number of thioether (sulfide) groups is 1. The molecule has 35 heavy (non-hydrogen) atoms. The molecular formula is C25H27ClN4O3S2. The molecule has 1 fully saturated rings. The van der Waals surface area contributed by atoms with Gasteiger partial charge in [0.05, 0.1) is 22.7 Å². The van der Waals surface area contributed by atoms with Crippen molar-refractivity contribution >= 4 is 44.8 Å². The number of amides is 1. The Kier molecular flexibility index (Phi) is 7.98. The Hall–Kier alpha value is -2.62. The van der Waals surface area contributed by atoms with Crippen molar-refractivity contribution in [3.8, 4) is 0 Å². The normalized spacial score (nSPS) is 16.7. The number of aromatic nitrogens is 2. The van der Waals surface area contributed by atoms with Crippen LogP contribution in [0.25, 0.3) is 0 Å². The highest BCUT2D eigenvalue weighted by atomic mass is 35.5. The molecule has 7 nitrogen and oxygen atoms in total. The molecule has 1 amide bonds. The van der Waals surface area contributed by atoms with Gasteiger partial charge >= 0.3 is 0 Å². The lowest BCUT2D eigenvalue weighted by Gasteiger charge is -2.28. The first-order chi connectivity index (χ1) is 16.7. The molecule has 10 heteroatoms. The van der Waals surface area contributed by atoms with Crippen LogP contribution < -0.4 is 4.90 Å². The van der Waals surface area contributed by atoms with Crippen molar-refractivity contribution in [3.63, 3.8) is 0 Å². The Morgan fingerprint density at radius 1 is 1.09 bits per heavy atom. The van der Waals surface area contributed by atoms with E-state index in [1.165, 1.54) is 18.0 Å². The van der Waals surface area contributed by atoms with Crippen molar-refractivity contribution in [1.29, 1.82) is 0 Å². The molecule has 1 atom stereocenters. The minimum Gasteiger partial charge on any atom is -0.378 e. The molecule has 0 N–H and O–H groups in total. The van der Waals surface area contributed by atoms with Gasteiger partial charge in [-0.1, -0.05) is 65.8 Å². The first-order valence-electron chi connectivity index (χ1n) is 11.2. The molecule has 1 aromatic heterocycles. The maximum absolute atomic E-state index is 13.7. The summed E-state index contributed by atoms with van der Waals surface area (Å²) in [6.45, 7) is 0.263. The molecule has 2 heterocycles. The molecule has 4 rings (SSSR count). The number of anilines is 1. The number of hydrogen-bond donors (Lipinski definition) is 0. The van der Waals surface area contributed by atoms with Crippen LogP contribution in [-0.4, -0.2) is 60.8 Å². The Bertz CT molecular complexity index is 1290. The van der Waals surface area contributed by atoms with Gasteiger partial charge in [-0.2, -0.15) is 0 Å². The number of sulfone groups is 1. The number of halogens is 1. The lowest BCUT2D eigenvalue weighted by molar-refractivity contribution is 0.0674. The molecule has 0 unspecified atom stereocenters. The molecule has 0 saturated carbocycles. The van der Waals surface area contributed by atoms with Crippen LogP contribution in [0.1, 0.15) is 28.0 Å². The summed E-state index contributed by atoms with van der Waals surface area (Å²) in [4.78, 5) is 26.0. The third-order valence-electron chi connectivity index (χ3n) is 5.85. The van der Waals surface area contributed by atoms with Crippen molar-refractivity contribution in [1.82, 2.24) is 14.9 Å². The van der Waals surface area contributed by atoms with Gasteiger partial charge in [-0.15, -0.1) is 0 Å². The molecule has 1 saturated heterocycles. The summed E-state index contributed by atoms with van der Waals surface area (Å²) in [6, 6.07) is 17.3. The highest BCUT2D eigenvalue weighted by Crippen LogP contribution is 2.27. The van der Waals surface area contributed by atoms with Crippen LogP contribution in [0.2, 0.25) is 5.02 Å². The third-order valence-corrected chi connectivity index (χ3v) is 8.81. The van der Waals surface area contributed by atoms with Crippen molar-refractivity contribution in [2.45, 2.75) is 29.9 Å². The maximum Gasteiger partial charge on any atom is 0.274 e. The van der Waals surface area contributed by atoms with E-state index in [1.54, 1.807) is 4.90 Å². The van der Waals surface area contributed by atoms with E-state index in [-0.39, 0.29) is 28.8 Å². The number of hydrogen-bond acceptors (Lipinski definition) is 7. The minimum atomic E-state index is -3.19. The van der Waals surface area contributed by atoms with Crippen LogP contribution >= 0.6 is 23.4 Å². The maximum atomic E-state index is 13.7. The first kappa shape index (κ1) is 25.5. The van der Waals surface area contributed by atoms with Crippen LogP contribution in [-0.2, 0) is 22.1 Å². The predicted octanol–water partition coefficient (Wildman–Crippen LogP) is 4.32. The van der Waals surface area contributed by atoms with E-state index >= 15 is 0 Å². The summed E-state index contributed by atoms with van der Waals surface area (Å²) >= 11 is 7.78. The number of carbonyl (C=O) groups is 1. The molecule has 0 bridgehead atoms. The topological polar surface area (TPSA) is 83.5 Å². The van der Waals surface area contributed by atoms with E-state index in [0.717, 1.165) is 16.8 Å². The fourth-order valence-corrected chi connectivity index (χ4v) is 6.59. The van der Waals surface area contributed by atoms with E-state index in [9.17, 15) is 13.2 Å². The summed E-state index contributed by atoms with van der Waals surface area (Å²) in [6.07, 6.45) is 1.83. The van der Waals surface area contributed by atoms with Gasteiger partial charge in [0.2, 0.25) is 0 Å². The minimum absolute atomic E-state index is 0.0627. The fourth-order valence-electron chi connectivity index (χ4n) is 3.91. The summed E-state index contributed by atoms with van der Waals surface area (Å²) in [5.41, 5.74) is 3.14. The largest absolute Gasteiger partial charge is 0.378 e. The monoisotopic (exact) mass is 530 g/mol. The van der Waals surface area contributed by atoms with Gasteiger partial charge in [-0.25, -0.2) is 18.4 Å². The van der Waals surface area contributed by atoms with Crippen molar-refractivity contribution in [2.75, 3.05) is 30.5 Å². The van der Waals surface area contributed by atoms with Crippen molar-refractivity contribution in [3.05, 3.63) is 82.6 Å². The predicted molar refractivity (Wildman–Crippen MR) is 141 cm³/mol. The van der Waals surface area contributed by atoms with E-state index in [4.69, 9.17) is 11.6 Å². The van der Waals surface area contributed by atoms with Crippen molar-refractivity contribution < 1.29 is 13.2 Å². The Morgan fingerprint density at radius 3 is 2.43 bits per heavy atom. The zero-order valence-electron chi connectivity index (χ0n) is 19.6. The van der Waals surface area contributed by atoms with Crippen LogP contribution in [0.3, 0.4) is 0 Å². The fraction of sp³-hybridized carbons (Fsp3) is 0.320.